The summed E-state index contributed by atoms with van der Waals surface area (Å²) in [5, 5.41) is 3.51. The van der Waals surface area contributed by atoms with Crippen molar-refractivity contribution in [2.75, 3.05) is 30.8 Å². The number of hydrogen-bond acceptors (Lipinski definition) is 5. The lowest BCUT2D eigenvalue weighted by molar-refractivity contribution is 0.489. The van der Waals surface area contributed by atoms with Gasteiger partial charge in [0, 0.05) is 49.5 Å². The lowest BCUT2D eigenvalue weighted by Crippen LogP contribution is -2.46. The third kappa shape index (κ3) is 4.18. The molecular weight excluding hydrogens is 382 g/mol. The highest BCUT2D eigenvalue weighted by Crippen LogP contribution is 2.32. The Kier molecular flexibility index (Phi) is 5.39. The average molecular weight is 408 g/mol. The number of hydrogen-bond donors (Lipinski definition) is 1. The van der Waals surface area contributed by atoms with E-state index in [1.807, 2.05) is 12.1 Å². The molecule has 5 nitrogen and oxygen atoms in total. The first-order valence-corrected chi connectivity index (χ1v) is 11.6. The molecule has 6 heteroatoms. The van der Waals surface area contributed by atoms with E-state index in [1.54, 1.807) is 12.3 Å². The largest absolute Gasteiger partial charge is 0.362 e. The van der Waals surface area contributed by atoms with Crippen molar-refractivity contribution in [1.29, 1.82) is 0 Å². The van der Waals surface area contributed by atoms with Gasteiger partial charge in [0.25, 0.3) is 0 Å². The molecule has 0 radical (unpaired) electrons. The molecule has 1 aliphatic heterocycles. The van der Waals surface area contributed by atoms with E-state index < -0.39 is 9.84 Å². The van der Waals surface area contributed by atoms with E-state index in [0.29, 0.717) is 0 Å². The monoisotopic (exact) mass is 407 g/mol. The summed E-state index contributed by atoms with van der Waals surface area (Å²) < 4.78 is 23.8. The number of benzene rings is 2. The van der Waals surface area contributed by atoms with Gasteiger partial charge in [-0.15, -0.1) is 0 Å². The number of rotatable bonds is 4. The normalized spacial score (nSPS) is 17.3. The van der Waals surface area contributed by atoms with Gasteiger partial charge in [-0.05, 0) is 41.8 Å². The number of piperazine rings is 1. The molecule has 0 saturated carbocycles. The molecular formula is C23H25N3O2S. The maximum Gasteiger partial charge on any atom is 0.177 e. The smallest absolute Gasteiger partial charge is 0.177 e. The van der Waals surface area contributed by atoms with Crippen LogP contribution in [-0.2, 0) is 9.84 Å². The van der Waals surface area contributed by atoms with Gasteiger partial charge >= 0.3 is 0 Å². The summed E-state index contributed by atoms with van der Waals surface area (Å²) in [5.74, 6) is 0. The zero-order valence-electron chi connectivity index (χ0n) is 16.7. The van der Waals surface area contributed by atoms with Crippen LogP contribution in [0.15, 0.2) is 71.9 Å². The molecule has 150 valence electrons. The van der Waals surface area contributed by atoms with Crippen LogP contribution in [0.2, 0.25) is 0 Å². The molecule has 1 aliphatic rings. The molecule has 0 amide bonds. The van der Waals surface area contributed by atoms with Crippen molar-refractivity contribution in [3.63, 3.8) is 0 Å². The second kappa shape index (κ2) is 7.97. The first-order chi connectivity index (χ1) is 13.9. The average Bonchev–Trinajstić information content (AvgIpc) is 2.74. The van der Waals surface area contributed by atoms with Crippen LogP contribution >= 0.6 is 0 Å². The number of aromatic nitrogens is 1. The van der Waals surface area contributed by atoms with E-state index in [-0.39, 0.29) is 10.9 Å². The number of para-hydroxylation sites is 1. The Balaban J connectivity index is 1.72. The summed E-state index contributed by atoms with van der Waals surface area (Å²) in [7, 11) is -3.29. The number of nitrogens with one attached hydrogen (secondary N) is 1. The molecule has 2 heterocycles. The quantitative estimate of drug-likeness (QED) is 0.716. The van der Waals surface area contributed by atoms with Crippen molar-refractivity contribution in [3.8, 4) is 11.1 Å². The first-order valence-electron chi connectivity index (χ1n) is 9.72. The molecule has 0 aliphatic carbocycles. The number of nitrogens with zero attached hydrogens (tertiary/aromatic N) is 2. The molecule has 1 atom stereocenters. The van der Waals surface area contributed by atoms with Crippen LogP contribution < -0.4 is 10.2 Å². The predicted molar refractivity (Wildman–Crippen MR) is 117 cm³/mol. The summed E-state index contributed by atoms with van der Waals surface area (Å²) in [6.07, 6.45) is 4.32. The van der Waals surface area contributed by atoms with E-state index in [0.717, 1.165) is 30.8 Å². The second-order valence-electron chi connectivity index (χ2n) is 7.51. The first kappa shape index (κ1) is 19.6. The van der Waals surface area contributed by atoms with Crippen LogP contribution in [0.5, 0.6) is 0 Å². The van der Waals surface area contributed by atoms with E-state index in [1.165, 1.54) is 29.3 Å². The Labute approximate surface area is 172 Å². The van der Waals surface area contributed by atoms with Gasteiger partial charge in [-0.3, -0.25) is 4.98 Å². The Morgan fingerprint density at radius 1 is 1.03 bits per heavy atom. The fourth-order valence-corrected chi connectivity index (χ4v) is 4.47. The Hall–Kier alpha value is -2.70. The van der Waals surface area contributed by atoms with Crippen molar-refractivity contribution < 1.29 is 8.42 Å². The fourth-order valence-electron chi connectivity index (χ4n) is 3.88. The molecule has 29 heavy (non-hydrogen) atoms. The van der Waals surface area contributed by atoms with Crippen LogP contribution in [0.25, 0.3) is 11.1 Å². The van der Waals surface area contributed by atoms with Gasteiger partial charge < -0.3 is 10.2 Å². The Morgan fingerprint density at radius 3 is 2.66 bits per heavy atom. The molecule has 1 aromatic heterocycles. The minimum atomic E-state index is -3.29. The third-order valence-electron chi connectivity index (χ3n) is 5.41. The van der Waals surface area contributed by atoms with Crippen molar-refractivity contribution in [3.05, 3.63) is 78.1 Å². The zero-order chi connectivity index (χ0) is 20.4. The molecule has 1 fully saturated rings. The zero-order valence-corrected chi connectivity index (χ0v) is 17.5. The molecule has 0 spiro atoms. The van der Waals surface area contributed by atoms with E-state index >= 15 is 0 Å². The highest BCUT2D eigenvalue weighted by atomic mass is 32.2. The van der Waals surface area contributed by atoms with Gasteiger partial charge in [-0.25, -0.2) is 8.42 Å². The van der Waals surface area contributed by atoms with Crippen molar-refractivity contribution in [2.45, 2.75) is 17.9 Å². The number of anilines is 1. The number of sulfone groups is 1. The second-order valence-corrected chi connectivity index (χ2v) is 9.52. The van der Waals surface area contributed by atoms with Gasteiger partial charge in [0.15, 0.2) is 9.84 Å². The summed E-state index contributed by atoms with van der Waals surface area (Å²) >= 11 is 0. The molecule has 1 N–H and O–H groups in total. The SMILES string of the molecule is Cc1ccccc1N1CCNCC1c1cccc(-c2cncc(S(C)(=O)=O)c2)c1. The topological polar surface area (TPSA) is 62.3 Å². The summed E-state index contributed by atoms with van der Waals surface area (Å²) in [4.78, 5) is 6.83. The maximum absolute atomic E-state index is 11.9. The summed E-state index contributed by atoms with van der Waals surface area (Å²) in [6.45, 7) is 4.89. The van der Waals surface area contributed by atoms with Crippen LogP contribution in [0.1, 0.15) is 17.2 Å². The lowest BCUT2D eigenvalue weighted by atomic mass is 9.97. The fraction of sp³-hybridized carbons (Fsp3) is 0.261. The van der Waals surface area contributed by atoms with Gasteiger partial charge in [0.2, 0.25) is 0 Å². The highest BCUT2D eigenvalue weighted by Gasteiger charge is 2.25. The van der Waals surface area contributed by atoms with Crippen LogP contribution in [-0.4, -0.2) is 39.3 Å². The highest BCUT2D eigenvalue weighted by molar-refractivity contribution is 7.90. The van der Waals surface area contributed by atoms with Crippen LogP contribution in [0.4, 0.5) is 5.69 Å². The van der Waals surface area contributed by atoms with Crippen molar-refractivity contribution in [2.24, 2.45) is 0 Å². The minimum Gasteiger partial charge on any atom is -0.362 e. The molecule has 3 aromatic rings. The predicted octanol–water partition coefficient (Wildman–Crippen LogP) is 3.61. The number of aryl methyl sites for hydroxylation is 1. The molecule has 2 aromatic carbocycles. The van der Waals surface area contributed by atoms with Gasteiger partial charge in [-0.2, -0.15) is 0 Å². The van der Waals surface area contributed by atoms with Gasteiger partial charge in [0.1, 0.15) is 0 Å². The number of pyridine rings is 1. The summed E-state index contributed by atoms with van der Waals surface area (Å²) in [5.41, 5.74) is 5.49. The lowest BCUT2D eigenvalue weighted by Gasteiger charge is -2.39. The van der Waals surface area contributed by atoms with E-state index in [2.05, 4.69) is 58.5 Å². The van der Waals surface area contributed by atoms with Crippen molar-refractivity contribution in [1.82, 2.24) is 10.3 Å². The van der Waals surface area contributed by atoms with Gasteiger partial charge in [-0.1, -0.05) is 36.4 Å². The molecule has 4 rings (SSSR count). The van der Waals surface area contributed by atoms with Gasteiger partial charge in [0.05, 0.1) is 10.9 Å². The standard InChI is InChI=1S/C23H25N3O2S/c1-17-6-3-4-9-22(17)26-11-10-24-16-23(26)19-8-5-7-18(12-19)20-13-21(15-25-14-20)29(2,27)28/h3-9,12-15,23-24H,10-11,16H2,1-2H3. The third-order valence-corrected chi connectivity index (χ3v) is 6.49. The molecule has 0 bridgehead atoms. The molecule has 1 unspecified atom stereocenters. The Bertz CT molecular complexity index is 1130. The van der Waals surface area contributed by atoms with Crippen molar-refractivity contribution >= 4 is 15.5 Å². The molecule has 1 saturated heterocycles. The van der Waals surface area contributed by atoms with E-state index in [4.69, 9.17) is 0 Å². The van der Waals surface area contributed by atoms with Crippen LogP contribution in [0, 0.1) is 6.92 Å². The maximum atomic E-state index is 11.9. The van der Waals surface area contributed by atoms with E-state index in [9.17, 15) is 8.42 Å². The Morgan fingerprint density at radius 2 is 1.86 bits per heavy atom. The summed E-state index contributed by atoms with van der Waals surface area (Å²) in [6, 6.07) is 18.7. The minimum absolute atomic E-state index is 0.204. The van der Waals surface area contributed by atoms with Crippen LogP contribution in [0.3, 0.4) is 0 Å².